The van der Waals surface area contributed by atoms with Crippen molar-refractivity contribution in [2.24, 2.45) is 0 Å². The standard InChI is InChI=1S/C22H21FN4O4/c1-22(14-4-6-15(23)7-5-14)20(30)27(21(31)25-22)13-18(28)24-16-8-10-17(11-9-16)26-12-2-3-19(26)29/h4-11H,2-3,12-13H2,1H3,(H,24,28)(H,25,31). The van der Waals surface area contributed by atoms with E-state index in [4.69, 9.17) is 0 Å². The summed E-state index contributed by atoms with van der Waals surface area (Å²) >= 11 is 0. The Morgan fingerprint density at radius 2 is 1.77 bits per heavy atom. The Hall–Kier alpha value is -3.75. The van der Waals surface area contributed by atoms with Crippen molar-refractivity contribution in [2.75, 3.05) is 23.3 Å². The third kappa shape index (κ3) is 3.86. The third-order valence-corrected chi connectivity index (χ3v) is 5.53. The molecule has 0 aliphatic carbocycles. The lowest BCUT2D eigenvalue weighted by molar-refractivity contribution is -0.133. The summed E-state index contributed by atoms with van der Waals surface area (Å²) in [6, 6.07) is 11.3. The molecule has 160 valence electrons. The molecular weight excluding hydrogens is 403 g/mol. The Morgan fingerprint density at radius 3 is 2.39 bits per heavy atom. The van der Waals surface area contributed by atoms with Gasteiger partial charge < -0.3 is 15.5 Å². The number of nitrogens with one attached hydrogen (secondary N) is 2. The normalized spacial score (nSPS) is 20.9. The van der Waals surface area contributed by atoms with Gasteiger partial charge in [-0.05, 0) is 55.3 Å². The molecule has 2 fully saturated rings. The molecule has 9 heteroatoms. The quantitative estimate of drug-likeness (QED) is 0.720. The van der Waals surface area contributed by atoms with E-state index in [-0.39, 0.29) is 5.91 Å². The number of anilines is 2. The number of benzene rings is 2. The number of carbonyl (C=O) groups excluding carboxylic acids is 4. The second kappa shape index (κ2) is 7.82. The van der Waals surface area contributed by atoms with Crippen molar-refractivity contribution in [3.8, 4) is 0 Å². The van der Waals surface area contributed by atoms with Crippen LogP contribution in [-0.4, -0.2) is 41.7 Å². The molecule has 2 aromatic rings. The minimum atomic E-state index is -1.38. The zero-order valence-electron chi connectivity index (χ0n) is 16.9. The maximum Gasteiger partial charge on any atom is 0.325 e. The van der Waals surface area contributed by atoms with Gasteiger partial charge in [-0.15, -0.1) is 0 Å². The molecule has 1 unspecified atom stereocenters. The lowest BCUT2D eigenvalue weighted by Crippen LogP contribution is -2.42. The Morgan fingerprint density at radius 1 is 1.10 bits per heavy atom. The number of hydrogen-bond donors (Lipinski definition) is 2. The van der Waals surface area contributed by atoms with Gasteiger partial charge in [-0.2, -0.15) is 0 Å². The summed E-state index contributed by atoms with van der Waals surface area (Å²) in [5.74, 6) is -1.53. The van der Waals surface area contributed by atoms with Crippen molar-refractivity contribution in [1.82, 2.24) is 10.2 Å². The van der Waals surface area contributed by atoms with Crippen LogP contribution in [0.15, 0.2) is 48.5 Å². The fourth-order valence-corrected chi connectivity index (χ4v) is 3.81. The predicted molar refractivity (Wildman–Crippen MR) is 111 cm³/mol. The van der Waals surface area contributed by atoms with Crippen LogP contribution in [0.3, 0.4) is 0 Å². The topological polar surface area (TPSA) is 98.8 Å². The first-order valence-electron chi connectivity index (χ1n) is 9.88. The van der Waals surface area contributed by atoms with Crippen LogP contribution in [0.2, 0.25) is 0 Å². The first kappa shape index (κ1) is 20.5. The first-order valence-corrected chi connectivity index (χ1v) is 9.88. The number of imide groups is 1. The Balaban J connectivity index is 1.41. The van der Waals surface area contributed by atoms with Crippen molar-refractivity contribution in [1.29, 1.82) is 0 Å². The molecule has 2 heterocycles. The summed E-state index contributed by atoms with van der Waals surface area (Å²) in [5.41, 5.74) is 0.273. The van der Waals surface area contributed by atoms with Crippen LogP contribution >= 0.6 is 0 Å². The Kier molecular flexibility index (Phi) is 5.18. The molecule has 2 saturated heterocycles. The maximum absolute atomic E-state index is 13.2. The van der Waals surface area contributed by atoms with Crippen LogP contribution in [0.1, 0.15) is 25.3 Å². The van der Waals surface area contributed by atoms with E-state index in [9.17, 15) is 23.6 Å². The van der Waals surface area contributed by atoms with Crippen LogP contribution in [0.4, 0.5) is 20.6 Å². The number of urea groups is 1. The second-order valence-electron chi connectivity index (χ2n) is 7.70. The average molecular weight is 424 g/mol. The van der Waals surface area contributed by atoms with Gasteiger partial charge in [0.05, 0.1) is 0 Å². The number of rotatable bonds is 5. The molecule has 2 aliphatic rings. The molecule has 0 radical (unpaired) electrons. The van der Waals surface area contributed by atoms with Gasteiger partial charge in [-0.1, -0.05) is 12.1 Å². The fraction of sp³-hybridized carbons (Fsp3) is 0.273. The van der Waals surface area contributed by atoms with E-state index in [0.29, 0.717) is 24.2 Å². The van der Waals surface area contributed by atoms with Crippen LogP contribution in [0, 0.1) is 5.82 Å². The number of carbonyl (C=O) groups is 4. The lowest BCUT2D eigenvalue weighted by Gasteiger charge is -2.22. The molecule has 31 heavy (non-hydrogen) atoms. The van der Waals surface area contributed by atoms with E-state index in [1.54, 1.807) is 29.2 Å². The summed E-state index contributed by atoms with van der Waals surface area (Å²) in [6.07, 6.45) is 1.35. The number of halogens is 1. The van der Waals surface area contributed by atoms with Gasteiger partial charge in [0.25, 0.3) is 5.91 Å². The van der Waals surface area contributed by atoms with E-state index in [0.717, 1.165) is 17.0 Å². The molecule has 2 aliphatic heterocycles. The molecule has 0 bridgehead atoms. The van der Waals surface area contributed by atoms with Crippen molar-refractivity contribution in [3.05, 3.63) is 59.9 Å². The Bertz CT molecular complexity index is 1050. The predicted octanol–water partition coefficient (Wildman–Crippen LogP) is 2.36. The van der Waals surface area contributed by atoms with E-state index in [2.05, 4.69) is 10.6 Å². The van der Waals surface area contributed by atoms with Gasteiger partial charge in [0.15, 0.2) is 0 Å². The van der Waals surface area contributed by atoms with Crippen LogP contribution in [0.25, 0.3) is 0 Å². The molecule has 4 rings (SSSR count). The third-order valence-electron chi connectivity index (χ3n) is 5.53. The fourth-order valence-electron chi connectivity index (χ4n) is 3.81. The molecule has 2 N–H and O–H groups in total. The van der Waals surface area contributed by atoms with E-state index < -0.39 is 35.7 Å². The molecular formula is C22H21FN4O4. The zero-order valence-corrected chi connectivity index (χ0v) is 16.9. The highest BCUT2D eigenvalue weighted by molar-refractivity contribution is 6.10. The highest BCUT2D eigenvalue weighted by atomic mass is 19.1. The van der Waals surface area contributed by atoms with E-state index >= 15 is 0 Å². The van der Waals surface area contributed by atoms with Crippen LogP contribution < -0.4 is 15.5 Å². The number of hydrogen-bond acceptors (Lipinski definition) is 4. The molecule has 1 atom stereocenters. The second-order valence-corrected chi connectivity index (χ2v) is 7.70. The first-order chi connectivity index (χ1) is 14.8. The molecule has 5 amide bonds. The number of nitrogens with zero attached hydrogens (tertiary/aromatic N) is 2. The van der Waals surface area contributed by atoms with Crippen molar-refractivity contribution in [3.63, 3.8) is 0 Å². The smallest absolute Gasteiger partial charge is 0.325 e. The minimum absolute atomic E-state index is 0.0690. The summed E-state index contributed by atoms with van der Waals surface area (Å²) < 4.78 is 13.2. The van der Waals surface area contributed by atoms with Gasteiger partial charge in [0, 0.05) is 24.3 Å². The van der Waals surface area contributed by atoms with E-state index in [1.165, 1.54) is 31.2 Å². The molecule has 2 aromatic carbocycles. The monoisotopic (exact) mass is 424 g/mol. The minimum Gasteiger partial charge on any atom is -0.325 e. The van der Waals surface area contributed by atoms with Crippen LogP contribution in [-0.2, 0) is 19.9 Å². The lowest BCUT2D eigenvalue weighted by atomic mass is 9.92. The van der Waals surface area contributed by atoms with Crippen molar-refractivity contribution < 1.29 is 23.6 Å². The van der Waals surface area contributed by atoms with Gasteiger partial charge in [0.2, 0.25) is 11.8 Å². The van der Waals surface area contributed by atoms with Crippen molar-refractivity contribution >= 4 is 35.1 Å². The zero-order chi connectivity index (χ0) is 22.2. The number of amides is 5. The average Bonchev–Trinajstić information content (AvgIpc) is 3.26. The van der Waals surface area contributed by atoms with E-state index in [1.807, 2.05) is 0 Å². The molecule has 8 nitrogen and oxygen atoms in total. The summed E-state index contributed by atoms with van der Waals surface area (Å²) in [6.45, 7) is 1.72. The van der Waals surface area contributed by atoms with Crippen molar-refractivity contribution in [2.45, 2.75) is 25.3 Å². The molecule has 0 aromatic heterocycles. The molecule has 0 spiro atoms. The highest BCUT2D eigenvalue weighted by Crippen LogP contribution is 2.29. The summed E-state index contributed by atoms with van der Waals surface area (Å²) in [4.78, 5) is 52.0. The van der Waals surface area contributed by atoms with Gasteiger partial charge in [0.1, 0.15) is 17.9 Å². The van der Waals surface area contributed by atoms with Gasteiger partial charge >= 0.3 is 6.03 Å². The largest absolute Gasteiger partial charge is 0.325 e. The summed E-state index contributed by atoms with van der Waals surface area (Å²) in [7, 11) is 0. The molecule has 0 saturated carbocycles. The Labute approximate surface area is 178 Å². The highest BCUT2D eigenvalue weighted by Gasteiger charge is 2.49. The summed E-state index contributed by atoms with van der Waals surface area (Å²) in [5, 5.41) is 5.22. The van der Waals surface area contributed by atoms with Gasteiger partial charge in [-0.3, -0.25) is 19.3 Å². The maximum atomic E-state index is 13.2. The van der Waals surface area contributed by atoms with Gasteiger partial charge in [-0.25, -0.2) is 9.18 Å². The SMILES string of the molecule is CC1(c2ccc(F)cc2)NC(=O)N(CC(=O)Nc2ccc(N3CCCC3=O)cc2)C1=O. The van der Waals surface area contributed by atoms with Crippen LogP contribution in [0.5, 0.6) is 0 Å².